The summed E-state index contributed by atoms with van der Waals surface area (Å²) < 4.78 is 0. The number of rotatable bonds is 4. The van der Waals surface area contributed by atoms with Crippen LogP contribution in [-0.2, 0) is 0 Å². The van der Waals surface area contributed by atoms with E-state index in [2.05, 4.69) is 37.4 Å². The summed E-state index contributed by atoms with van der Waals surface area (Å²) in [5.74, 6) is 1.66. The van der Waals surface area contributed by atoms with Gasteiger partial charge in [0.15, 0.2) is 0 Å². The van der Waals surface area contributed by atoms with Crippen LogP contribution < -0.4 is 5.32 Å². The quantitative estimate of drug-likeness (QED) is 0.859. The van der Waals surface area contributed by atoms with Gasteiger partial charge in [-0.15, -0.1) is 11.8 Å². The lowest BCUT2D eigenvalue weighted by Gasteiger charge is -2.29. The van der Waals surface area contributed by atoms with Crippen LogP contribution in [0, 0.1) is 0 Å². The average molecular weight is 251 g/mol. The Hall–Kier alpha value is -0.670. The van der Waals surface area contributed by atoms with Crippen LogP contribution in [0.15, 0.2) is 23.1 Å². The monoisotopic (exact) mass is 251 g/mol. The Balaban J connectivity index is 2.17. The summed E-state index contributed by atoms with van der Waals surface area (Å²) in [5.41, 5.74) is 2.73. The van der Waals surface area contributed by atoms with E-state index < -0.39 is 0 Å². The molecule has 0 fully saturated rings. The van der Waals surface area contributed by atoms with Crippen molar-refractivity contribution in [1.29, 1.82) is 0 Å². The Kier molecular flexibility index (Phi) is 4.35. The highest BCUT2D eigenvalue weighted by atomic mass is 32.2. The number of benzene rings is 1. The van der Waals surface area contributed by atoms with Gasteiger partial charge in [-0.25, -0.2) is 0 Å². The van der Waals surface area contributed by atoms with Crippen LogP contribution in [0.3, 0.4) is 0 Å². The minimum atomic E-state index is 0.293. The molecule has 3 heteroatoms. The highest BCUT2D eigenvalue weighted by molar-refractivity contribution is 7.99. The van der Waals surface area contributed by atoms with E-state index in [-0.39, 0.29) is 0 Å². The fraction of sp³-hybridized carbons (Fsp3) is 0.571. The molecule has 1 atom stereocenters. The van der Waals surface area contributed by atoms with Crippen LogP contribution in [-0.4, -0.2) is 23.5 Å². The zero-order valence-corrected chi connectivity index (χ0v) is 11.4. The molecular formula is C14H21NOS. The van der Waals surface area contributed by atoms with Gasteiger partial charge in [0.05, 0.1) is 5.69 Å². The number of anilines is 1. The Bertz CT molecular complexity index is 378. The van der Waals surface area contributed by atoms with Crippen molar-refractivity contribution >= 4 is 17.4 Å². The molecule has 0 saturated heterocycles. The van der Waals surface area contributed by atoms with Gasteiger partial charge in [-0.1, -0.05) is 26.0 Å². The first-order chi connectivity index (χ1) is 8.22. The van der Waals surface area contributed by atoms with Crippen LogP contribution in [0.2, 0.25) is 0 Å². The first kappa shape index (κ1) is 12.8. The highest BCUT2D eigenvalue weighted by Crippen LogP contribution is 2.39. The largest absolute Gasteiger partial charge is 0.396 e. The highest BCUT2D eigenvalue weighted by Gasteiger charge is 2.20. The summed E-state index contributed by atoms with van der Waals surface area (Å²) in [6.07, 6.45) is 1.94. The number of aliphatic hydroxyl groups excluding tert-OH is 1. The Morgan fingerprint density at radius 3 is 3.00 bits per heavy atom. The second-order valence-corrected chi connectivity index (χ2v) is 5.96. The predicted molar refractivity (Wildman–Crippen MR) is 75.0 cm³/mol. The van der Waals surface area contributed by atoms with Crippen molar-refractivity contribution in [3.63, 3.8) is 0 Å². The zero-order valence-electron chi connectivity index (χ0n) is 10.6. The summed E-state index contributed by atoms with van der Waals surface area (Å²) in [6, 6.07) is 7.06. The second kappa shape index (κ2) is 5.78. The summed E-state index contributed by atoms with van der Waals surface area (Å²) in [5, 5.41) is 12.6. The number of aliphatic hydroxyl groups is 1. The molecule has 1 aliphatic rings. The van der Waals surface area contributed by atoms with E-state index in [0.717, 1.165) is 18.6 Å². The number of hydrogen-bond donors (Lipinski definition) is 2. The fourth-order valence-corrected chi connectivity index (χ4v) is 3.36. The molecule has 0 spiro atoms. The van der Waals surface area contributed by atoms with Crippen molar-refractivity contribution < 1.29 is 5.11 Å². The lowest BCUT2D eigenvalue weighted by molar-refractivity contribution is 0.282. The second-order valence-electron chi connectivity index (χ2n) is 4.89. The molecule has 0 amide bonds. The molecule has 2 nitrogen and oxygen atoms in total. The number of thioether (sulfide) groups is 1. The number of nitrogens with one attached hydrogen (secondary N) is 1. The first-order valence-electron chi connectivity index (χ1n) is 6.35. The molecular weight excluding hydrogens is 230 g/mol. The van der Waals surface area contributed by atoms with Crippen LogP contribution in [0.4, 0.5) is 5.69 Å². The van der Waals surface area contributed by atoms with Gasteiger partial charge in [-0.05, 0) is 30.4 Å². The van der Waals surface area contributed by atoms with Gasteiger partial charge >= 0.3 is 0 Å². The van der Waals surface area contributed by atoms with Crippen molar-refractivity contribution in [1.82, 2.24) is 0 Å². The topological polar surface area (TPSA) is 32.3 Å². The van der Waals surface area contributed by atoms with Crippen LogP contribution >= 0.6 is 11.8 Å². The van der Waals surface area contributed by atoms with E-state index in [9.17, 15) is 0 Å². The SMILES string of the molecule is CC(C)c1cccc2c1NC(CCCO)CS2. The molecule has 1 unspecified atom stereocenters. The molecule has 0 bridgehead atoms. The molecule has 2 N–H and O–H groups in total. The average Bonchev–Trinajstić information content (AvgIpc) is 2.35. The molecule has 1 aromatic carbocycles. The van der Waals surface area contributed by atoms with Gasteiger partial charge in [0.25, 0.3) is 0 Å². The van der Waals surface area contributed by atoms with E-state index in [0.29, 0.717) is 18.6 Å². The van der Waals surface area contributed by atoms with Crippen molar-refractivity contribution in [3.05, 3.63) is 23.8 Å². The van der Waals surface area contributed by atoms with Gasteiger partial charge in [-0.2, -0.15) is 0 Å². The van der Waals surface area contributed by atoms with Gasteiger partial charge in [0, 0.05) is 23.3 Å². The smallest absolute Gasteiger partial charge is 0.0515 e. The van der Waals surface area contributed by atoms with E-state index in [1.807, 2.05) is 11.8 Å². The minimum Gasteiger partial charge on any atom is -0.396 e. The van der Waals surface area contributed by atoms with Crippen LogP contribution in [0.1, 0.15) is 38.2 Å². The van der Waals surface area contributed by atoms with E-state index >= 15 is 0 Å². The molecule has 0 aromatic heterocycles. The Morgan fingerprint density at radius 2 is 2.29 bits per heavy atom. The summed E-state index contributed by atoms with van der Waals surface area (Å²) in [6.45, 7) is 4.76. The van der Waals surface area contributed by atoms with Crippen LogP contribution in [0.25, 0.3) is 0 Å². The lowest BCUT2D eigenvalue weighted by Crippen LogP contribution is -2.27. The standard InChI is InChI=1S/C14H21NOS/c1-10(2)12-6-3-7-13-14(12)15-11(9-17-13)5-4-8-16/h3,6-7,10-11,15-16H,4-5,8-9H2,1-2H3. The van der Waals surface area contributed by atoms with Crippen molar-refractivity contribution in [3.8, 4) is 0 Å². The normalized spacial score (nSPS) is 18.9. The first-order valence-corrected chi connectivity index (χ1v) is 7.34. The van der Waals surface area contributed by atoms with Crippen LogP contribution in [0.5, 0.6) is 0 Å². The molecule has 1 heterocycles. The third-order valence-corrected chi connectivity index (χ3v) is 4.40. The number of para-hydroxylation sites is 1. The molecule has 17 heavy (non-hydrogen) atoms. The minimum absolute atomic E-state index is 0.293. The number of hydrogen-bond acceptors (Lipinski definition) is 3. The third-order valence-electron chi connectivity index (χ3n) is 3.18. The van der Waals surface area contributed by atoms with Gasteiger partial charge < -0.3 is 10.4 Å². The molecule has 1 aliphatic heterocycles. The molecule has 0 radical (unpaired) electrons. The summed E-state index contributed by atoms with van der Waals surface area (Å²) >= 11 is 1.93. The molecule has 0 aliphatic carbocycles. The van der Waals surface area contributed by atoms with E-state index in [1.165, 1.54) is 16.1 Å². The third kappa shape index (κ3) is 2.96. The predicted octanol–water partition coefficient (Wildman–Crippen LogP) is 3.47. The van der Waals surface area contributed by atoms with Gasteiger partial charge in [0.2, 0.25) is 0 Å². The Morgan fingerprint density at radius 1 is 1.47 bits per heavy atom. The van der Waals surface area contributed by atoms with Crippen molar-refractivity contribution in [2.75, 3.05) is 17.7 Å². The van der Waals surface area contributed by atoms with E-state index in [1.54, 1.807) is 0 Å². The summed E-state index contributed by atoms with van der Waals surface area (Å²) in [7, 11) is 0. The molecule has 94 valence electrons. The molecule has 2 rings (SSSR count). The van der Waals surface area contributed by atoms with Crippen molar-refractivity contribution in [2.45, 2.75) is 43.5 Å². The molecule has 0 saturated carbocycles. The maximum Gasteiger partial charge on any atom is 0.0515 e. The van der Waals surface area contributed by atoms with E-state index in [4.69, 9.17) is 5.11 Å². The fourth-order valence-electron chi connectivity index (χ4n) is 2.23. The maximum absolute atomic E-state index is 8.90. The maximum atomic E-state index is 8.90. The number of fused-ring (bicyclic) bond motifs is 1. The Labute approximate surface area is 108 Å². The zero-order chi connectivity index (χ0) is 12.3. The lowest BCUT2D eigenvalue weighted by atomic mass is 10.00. The molecule has 1 aromatic rings. The van der Waals surface area contributed by atoms with Gasteiger partial charge in [0.1, 0.15) is 0 Å². The van der Waals surface area contributed by atoms with Gasteiger partial charge in [-0.3, -0.25) is 0 Å². The van der Waals surface area contributed by atoms with Crippen molar-refractivity contribution in [2.24, 2.45) is 0 Å². The summed E-state index contributed by atoms with van der Waals surface area (Å²) in [4.78, 5) is 1.37.